The van der Waals surface area contributed by atoms with Crippen LogP contribution in [0.2, 0.25) is 0 Å². The molecule has 20 heavy (non-hydrogen) atoms. The predicted molar refractivity (Wildman–Crippen MR) is 73.4 cm³/mol. The van der Waals surface area contributed by atoms with E-state index in [1.807, 2.05) is 7.05 Å². The second-order valence-electron chi connectivity index (χ2n) is 3.96. The van der Waals surface area contributed by atoms with Crippen molar-refractivity contribution < 1.29 is 14.6 Å². The average molecular weight is 293 g/mol. The van der Waals surface area contributed by atoms with Gasteiger partial charge in [0.25, 0.3) is 0 Å². The third-order valence-corrected chi connectivity index (χ3v) is 3.66. The summed E-state index contributed by atoms with van der Waals surface area (Å²) in [5, 5.41) is 10.6. The van der Waals surface area contributed by atoms with E-state index in [0.717, 1.165) is 15.9 Å². The van der Waals surface area contributed by atoms with Crippen LogP contribution < -0.4 is 0 Å². The first-order chi connectivity index (χ1) is 9.65. The second-order valence-corrected chi connectivity index (χ2v) is 4.94. The Morgan fingerprint density at radius 1 is 1.40 bits per heavy atom. The fraction of sp³-hybridized carbons (Fsp3) is 0.308. The van der Waals surface area contributed by atoms with Crippen molar-refractivity contribution in [2.24, 2.45) is 7.05 Å². The first kappa shape index (κ1) is 14.5. The Morgan fingerprint density at radius 3 is 2.75 bits per heavy atom. The standard InChI is InChI=1S/C13H15N3O3S/c1-3-19-12(18)9-4-5-11(14-6-9)20-13-15-7-10(8-17)16(13)2/h4-7,17H,3,8H2,1-2H3. The van der Waals surface area contributed by atoms with E-state index in [1.54, 1.807) is 29.8 Å². The van der Waals surface area contributed by atoms with Gasteiger partial charge in [-0.1, -0.05) is 0 Å². The number of rotatable bonds is 5. The number of hydrogen-bond donors (Lipinski definition) is 1. The Balaban J connectivity index is 2.10. The van der Waals surface area contributed by atoms with Crippen LogP contribution in [-0.4, -0.2) is 32.2 Å². The molecule has 2 rings (SSSR count). The summed E-state index contributed by atoms with van der Waals surface area (Å²) in [6.45, 7) is 2.04. The molecule has 0 atom stereocenters. The highest BCUT2D eigenvalue weighted by Gasteiger charge is 2.10. The summed E-state index contributed by atoms with van der Waals surface area (Å²) in [5.74, 6) is -0.379. The molecule has 2 aromatic heterocycles. The number of aliphatic hydroxyl groups excluding tert-OH is 1. The number of carbonyl (C=O) groups is 1. The SMILES string of the molecule is CCOC(=O)c1ccc(Sc2ncc(CO)n2C)nc1. The maximum atomic E-state index is 11.5. The number of esters is 1. The number of imidazole rings is 1. The molecule has 106 valence electrons. The van der Waals surface area contributed by atoms with Gasteiger partial charge in [-0.3, -0.25) is 0 Å². The van der Waals surface area contributed by atoms with Gasteiger partial charge in [0.05, 0.1) is 30.7 Å². The molecule has 2 heterocycles. The van der Waals surface area contributed by atoms with Crippen molar-refractivity contribution in [1.29, 1.82) is 0 Å². The van der Waals surface area contributed by atoms with E-state index in [9.17, 15) is 4.79 Å². The molecule has 2 aromatic rings. The lowest BCUT2D eigenvalue weighted by Crippen LogP contribution is -2.05. The van der Waals surface area contributed by atoms with Crippen LogP contribution in [0.25, 0.3) is 0 Å². The normalized spacial score (nSPS) is 10.6. The molecule has 0 spiro atoms. The zero-order valence-electron chi connectivity index (χ0n) is 11.2. The van der Waals surface area contributed by atoms with Gasteiger partial charge in [0.1, 0.15) is 5.03 Å². The van der Waals surface area contributed by atoms with E-state index >= 15 is 0 Å². The van der Waals surface area contributed by atoms with Gasteiger partial charge in [0, 0.05) is 13.2 Å². The molecule has 7 heteroatoms. The topological polar surface area (TPSA) is 77.2 Å². The molecule has 0 fully saturated rings. The summed E-state index contributed by atoms with van der Waals surface area (Å²) in [4.78, 5) is 19.9. The lowest BCUT2D eigenvalue weighted by Gasteiger charge is -2.04. The zero-order valence-corrected chi connectivity index (χ0v) is 12.1. The van der Waals surface area contributed by atoms with Crippen molar-refractivity contribution in [3.8, 4) is 0 Å². The Morgan fingerprint density at radius 2 is 2.20 bits per heavy atom. The molecule has 0 unspecified atom stereocenters. The van der Waals surface area contributed by atoms with Gasteiger partial charge < -0.3 is 14.4 Å². The summed E-state index contributed by atoms with van der Waals surface area (Å²) >= 11 is 1.36. The molecule has 0 radical (unpaired) electrons. The van der Waals surface area contributed by atoms with Crippen molar-refractivity contribution >= 4 is 17.7 Å². The van der Waals surface area contributed by atoms with E-state index in [4.69, 9.17) is 9.84 Å². The van der Waals surface area contributed by atoms with E-state index in [0.29, 0.717) is 12.2 Å². The van der Waals surface area contributed by atoms with E-state index in [1.165, 1.54) is 18.0 Å². The average Bonchev–Trinajstić information content (AvgIpc) is 2.80. The maximum absolute atomic E-state index is 11.5. The van der Waals surface area contributed by atoms with Gasteiger partial charge in [-0.05, 0) is 30.8 Å². The summed E-state index contributed by atoms with van der Waals surface area (Å²) in [6.07, 6.45) is 3.10. The number of pyridine rings is 1. The molecule has 0 saturated carbocycles. The van der Waals surface area contributed by atoms with E-state index in [-0.39, 0.29) is 12.6 Å². The molecule has 0 saturated heterocycles. The number of hydrogen-bond acceptors (Lipinski definition) is 6. The summed E-state index contributed by atoms with van der Waals surface area (Å²) in [6, 6.07) is 3.41. The van der Waals surface area contributed by atoms with Crippen LogP contribution >= 0.6 is 11.8 Å². The Bertz CT molecular complexity index is 595. The van der Waals surface area contributed by atoms with Crippen molar-refractivity contribution in [3.05, 3.63) is 35.8 Å². The van der Waals surface area contributed by atoms with Crippen molar-refractivity contribution in [3.63, 3.8) is 0 Å². The van der Waals surface area contributed by atoms with Crippen LogP contribution in [0, 0.1) is 0 Å². The summed E-state index contributed by atoms with van der Waals surface area (Å²) < 4.78 is 6.69. The fourth-order valence-electron chi connectivity index (χ4n) is 1.54. The van der Waals surface area contributed by atoms with Crippen molar-refractivity contribution in [1.82, 2.24) is 14.5 Å². The number of carbonyl (C=O) groups excluding carboxylic acids is 1. The minimum absolute atomic E-state index is 0.0563. The quantitative estimate of drug-likeness (QED) is 0.844. The maximum Gasteiger partial charge on any atom is 0.339 e. The molecule has 0 aliphatic rings. The lowest BCUT2D eigenvalue weighted by molar-refractivity contribution is 0.0525. The molecule has 0 amide bonds. The molecular weight excluding hydrogens is 278 g/mol. The Labute approximate surface area is 120 Å². The molecule has 0 bridgehead atoms. The Hall–Kier alpha value is -1.86. The first-order valence-corrected chi connectivity index (χ1v) is 6.89. The van der Waals surface area contributed by atoms with Crippen LogP contribution in [-0.2, 0) is 18.4 Å². The van der Waals surface area contributed by atoms with E-state index < -0.39 is 0 Å². The summed E-state index contributed by atoms with van der Waals surface area (Å²) in [7, 11) is 1.83. The highest BCUT2D eigenvalue weighted by molar-refractivity contribution is 7.99. The van der Waals surface area contributed by atoms with Crippen LogP contribution in [0.3, 0.4) is 0 Å². The molecule has 1 N–H and O–H groups in total. The monoisotopic (exact) mass is 293 g/mol. The van der Waals surface area contributed by atoms with Gasteiger partial charge in [0.15, 0.2) is 5.16 Å². The fourth-order valence-corrected chi connectivity index (χ4v) is 2.33. The van der Waals surface area contributed by atoms with Gasteiger partial charge in [0.2, 0.25) is 0 Å². The van der Waals surface area contributed by atoms with Crippen LogP contribution in [0.5, 0.6) is 0 Å². The summed E-state index contributed by atoms with van der Waals surface area (Å²) in [5.41, 5.74) is 1.16. The van der Waals surface area contributed by atoms with Gasteiger partial charge in [-0.15, -0.1) is 0 Å². The number of nitrogens with zero attached hydrogens (tertiary/aromatic N) is 3. The van der Waals surface area contributed by atoms with Crippen molar-refractivity contribution in [2.75, 3.05) is 6.61 Å². The highest BCUT2D eigenvalue weighted by atomic mass is 32.2. The first-order valence-electron chi connectivity index (χ1n) is 6.08. The largest absolute Gasteiger partial charge is 0.462 e. The molecule has 0 aliphatic carbocycles. The van der Waals surface area contributed by atoms with Gasteiger partial charge in [-0.2, -0.15) is 0 Å². The number of aromatic nitrogens is 3. The third kappa shape index (κ3) is 3.17. The van der Waals surface area contributed by atoms with Gasteiger partial charge >= 0.3 is 5.97 Å². The smallest absolute Gasteiger partial charge is 0.339 e. The second kappa shape index (κ2) is 6.53. The van der Waals surface area contributed by atoms with Crippen LogP contribution in [0.1, 0.15) is 23.0 Å². The Kier molecular flexibility index (Phi) is 4.75. The molecule has 0 aliphatic heterocycles. The minimum atomic E-state index is -0.379. The van der Waals surface area contributed by atoms with Crippen LogP contribution in [0.15, 0.2) is 34.7 Å². The number of aliphatic hydroxyl groups is 1. The van der Waals surface area contributed by atoms with Crippen LogP contribution in [0.4, 0.5) is 0 Å². The van der Waals surface area contributed by atoms with Gasteiger partial charge in [-0.25, -0.2) is 14.8 Å². The number of ether oxygens (including phenoxy) is 1. The predicted octanol–water partition coefficient (Wildman–Crippen LogP) is 1.64. The zero-order chi connectivity index (χ0) is 14.5. The molecular formula is C13H15N3O3S. The minimum Gasteiger partial charge on any atom is -0.462 e. The van der Waals surface area contributed by atoms with E-state index in [2.05, 4.69) is 9.97 Å². The molecule has 0 aromatic carbocycles. The lowest BCUT2D eigenvalue weighted by atomic mass is 10.3. The molecule has 6 nitrogen and oxygen atoms in total. The highest BCUT2D eigenvalue weighted by Crippen LogP contribution is 2.25. The third-order valence-electron chi connectivity index (χ3n) is 2.65. The van der Waals surface area contributed by atoms with Crippen molar-refractivity contribution in [2.45, 2.75) is 23.7 Å².